The number of carbonyl (C=O) groups excluding carboxylic acids is 1. The Bertz CT molecular complexity index is 732. The van der Waals surface area contributed by atoms with Gasteiger partial charge in [0.2, 0.25) is 5.91 Å². The molecule has 5 heteroatoms. The molecule has 5 nitrogen and oxygen atoms in total. The van der Waals surface area contributed by atoms with Crippen LogP contribution in [0.4, 0.5) is 11.5 Å². The number of hydrogen-bond acceptors (Lipinski definition) is 4. The van der Waals surface area contributed by atoms with Gasteiger partial charge in [0.05, 0.1) is 11.7 Å². The maximum Gasteiger partial charge on any atom is 0.225 e. The van der Waals surface area contributed by atoms with Crippen LogP contribution in [0.5, 0.6) is 0 Å². The predicted octanol–water partition coefficient (Wildman–Crippen LogP) is 2.86. The molecule has 1 aromatic carbocycles. The number of aromatic nitrogens is 1. The fourth-order valence-corrected chi connectivity index (χ4v) is 3.15. The summed E-state index contributed by atoms with van der Waals surface area (Å²) in [6.45, 7) is 5.41. The molecule has 1 aliphatic rings. The van der Waals surface area contributed by atoms with E-state index in [1.54, 1.807) is 6.20 Å². The second kappa shape index (κ2) is 6.01. The summed E-state index contributed by atoms with van der Waals surface area (Å²) in [5, 5.41) is 14.1. The molecule has 3 atom stereocenters. The number of aliphatic hydroxyl groups excluding tert-OH is 1. The van der Waals surface area contributed by atoms with Gasteiger partial charge in [0.15, 0.2) is 0 Å². The third-order valence-corrected chi connectivity index (χ3v) is 4.43. The number of aliphatic hydroxyl groups is 1. The van der Waals surface area contributed by atoms with Gasteiger partial charge in [0, 0.05) is 19.0 Å². The molecule has 0 bridgehead atoms. The molecule has 0 spiro atoms. The Kier molecular flexibility index (Phi) is 4.05. The van der Waals surface area contributed by atoms with Crippen LogP contribution >= 0.6 is 0 Å². The van der Waals surface area contributed by atoms with E-state index in [2.05, 4.69) is 10.3 Å². The first kappa shape index (κ1) is 15.5. The van der Waals surface area contributed by atoms with Gasteiger partial charge in [-0.05, 0) is 30.2 Å². The second-order valence-electron chi connectivity index (χ2n) is 6.01. The maximum atomic E-state index is 12.0. The monoisotopic (exact) mass is 311 g/mol. The minimum absolute atomic E-state index is 0.120. The summed E-state index contributed by atoms with van der Waals surface area (Å²) in [7, 11) is 0. The first-order chi connectivity index (χ1) is 11.0. The lowest BCUT2D eigenvalue weighted by Crippen LogP contribution is -2.50. The molecule has 0 radical (unpaired) electrons. The van der Waals surface area contributed by atoms with Crippen molar-refractivity contribution in [3.8, 4) is 0 Å². The second-order valence-corrected chi connectivity index (χ2v) is 6.01. The third-order valence-electron chi connectivity index (χ3n) is 4.43. The number of rotatable bonds is 2. The molecule has 0 aliphatic carbocycles. The lowest BCUT2D eigenvalue weighted by molar-refractivity contribution is -0.119. The number of para-hydroxylation sites is 1. The van der Waals surface area contributed by atoms with E-state index in [0.717, 1.165) is 22.6 Å². The zero-order chi connectivity index (χ0) is 16.6. The number of benzene rings is 1. The van der Waals surface area contributed by atoms with E-state index in [4.69, 9.17) is 0 Å². The van der Waals surface area contributed by atoms with Crippen LogP contribution in [0.25, 0.3) is 0 Å². The Balaban J connectivity index is 2.05. The number of nitrogens with zero attached hydrogens (tertiary/aromatic N) is 2. The quantitative estimate of drug-likeness (QED) is 0.895. The zero-order valence-electron chi connectivity index (χ0n) is 13.5. The minimum Gasteiger partial charge on any atom is -0.373 e. The summed E-state index contributed by atoms with van der Waals surface area (Å²) in [6, 6.07) is 11.4. The van der Waals surface area contributed by atoms with Crippen molar-refractivity contribution in [3.05, 3.63) is 53.7 Å². The molecule has 3 rings (SSSR count). The Hall–Kier alpha value is -2.40. The summed E-state index contributed by atoms with van der Waals surface area (Å²) in [5.41, 5.74) is 2.78. The van der Waals surface area contributed by atoms with Crippen LogP contribution in [0, 0.1) is 12.8 Å². The number of aryl methyl sites for hydroxylation is 1. The molecule has 0 saturated carbocycles. The number of fused-ring (bicyclic) bond motifs is 1. The largest absolute Gasteiger partial charge is 0.373 e. The van der Waals surface area contributed by atoms with Gasteiger partial charge in [-0.15, -0.1) is 0 Å². The number of anilines is 2. The summed E-state index contributed by atoms with van der Waals surface area (Å²) < 4.78 is 0. The van der Waals surface area contributed by atoms with Crippen molar-refractivity contribution in [2.45, 2.75) is 33.0 Å². The molecule has 0 saturated heterocycles. The molecular formula is C18H21N3O2. The topological polar surface area (TPSA) is 65.5 Å². The molecular weight excluding hydrogens is 290 g/mol. The van der Waals surface area contributed by atoms with Gasteiger partial charge in [-0.2, -0.15) is 0 Å². The highest BCUT2D eigenvalue weighted by Crippen LogP contribution is 2.41. The number of carbonyl (C=O) groups is 1. The fourth-order valence-electron chi connectivity index (χ4n) is 3.15. The number of amides is 1. The summed E-state index contributed by atoms with van der Waals surface area (Å²) in [6.07, 6.45) is 0.872. The molecule has 2 heterocycles. The molecule has 0 unspecified atom stereocenters. The van der Waals surface area contributed by atoms with Crippen molar-refractivity contribution in [1.82, 2.24) is 4.98 Å². The molecule has 120 valence electrons. The van der Waals surface area contributed by atoms with Crippen molar-refractivity contribution < 1.29 is 9.90 Å². The average Bonchev–Trinajstić information content (AvgIpc) is 2.53. The van der Waals surface area contributed by atoms with Gasteiger partial charge in [0.25, 0.3) is 0 Å². The summed E-state index contributed by atoms with van der Waals surface area (Å²) >= 11 is 0. The van der Waals surface area contributed by atoms with E-state index in [-0.39, 0.29) is 17.9 Å². The van der Waals surface area contributed by atoms with Crippen molar-refractivity contribution >= 4 is 17.4 Å². The number of nitrogens with one attached hydrogen (secondary N) is 1. The van der Waals surface area contributed by atoms with E-state index in [1.807, 2.05) is 50.2 Å². The lowest BCUT2D eigenvalue weighted by Gasteiger charge is -2.42. The number of pyridine rings is 1. The van der Waals surface area contributed by atoms with Crippen LogP contribution in [0.3, 0.4) is 0 Å². The Labute approximate surface area is 136 Å². The SMILES string of the molecule is CC(=O)N1c2ccccc2[C@H](Nc2ncccc2C)[C@@H](C)[C@@H]1O. The Morgan fingerprint density at radius 1 is 1.26 bits per heavy atom. The van der Waals surface area contributed by atoms with Crippen molar-refractivity contribution in [2.24, 2.45) is 5.92 Å². The predicted molar refractivity (Wildman–Crippen MR) is 90.1 cm³/mol. The van der Waals surface area contributed by atoms with Crippen molar-refractivity contribution in [3.63, 3.8) is 0 Å². The van der Waals surface area contributed by atoms with Crippen LogP contribution in [-0.2, 0) is 4.79 Å². The van der Waals surface area contributed by atoms with E-state index in [0.29, 0.717) is 0 Å². The highest BCUT2D eigenvalue weighted by molar-refractivity contribution is 5.93. The van der Waals surface area contributed by atoms with Crippen LogP contribution < -0.4 is 10.2 Å². The third kappa shape index (κ3) is 2.68. The molecule has 23 heavy (non-hydrogen) atoms. The van der Waals surface area contributed by atoms with Gasteiger partial charge >= 0.3 is 0 Å². The Morgan fingerprint density at radius 3 is 2.70 bits per heavy atom. The fraction of sp³-hybridized carbons (Fsp3) is 0.333. The zero-order valence-corrected chi connectivity index (χ0v) is 13.5. The number of hydrogen-bond donors (Lipinski definition) is 2. The molecule has 0 fully saturated rings. The van der Waals surface area contributed by atoms with E-state index < -0.39 is 6.23 Å². The van der Waals surface area contributed by atoms with Crippen LogP contribution in [0.15, 0.2) is 42.6 Å². The van der Waals surface area contributed by atoms with Crippen LogP contribution in [0.2, 0.25) is 0 Å². The molecule has 1 aliphatic heterocycles. The summed E-state index contributed by atoms with van der Waals surface area (Å²) in [5.74, 6) is 0.460. The smallest absolute Gasteiger partial charge is 0.225 e. The first-order valence-electron chi connectivity index (χ1n) is 7.75. The van der Waals surface area contributed by atoms with Crippen molar-refractivity contribution in [1.29, 1.82) is 0 Å². The van der Waals surface area contributed by atoms with Gasteiger partial charge in [-0.25, -0.2) is 4.98 Å². The molecule has 1 amide bonds. The Morgan fingerprint density at radius 2 is 2.00 bits per heavy atom. The van der Waals surface area contributed by atoms with E-state index in [9.17, 15) is 9.90 Å². The van der Waals surface area contributed by atoms with Crippen LogP contribution in [0.1, 0.15) is 31.0 Å². The maximum absolute atomic E-state index is 12.0. The molecule has 2 aromatic rings. The van der Waals surface area contributed by atoms with E-state index in [1.165, 1.54) is 11.8 Å². The van der Waals surface area contributed by atoms with Gasteiger partial charge in [-0.1, -0.05) is 31.2 Å². The highest BCUT2D eigenvalue weighted by atomic mass is 16.3. The van der Waals surface area contributed by atoms with Gasteiger partial charge in [-0.3, -0.25) is 9.69 Å². The van der Waals surface area contributed by atoms with Crippen molar-refractivity contribution in [2.75, 3.05) is 10.2 Å². The molecule has 1 aromatic heterocycles. The highest BCUT2D eigenvalue weighted by Gasteiger charge is 2.39. The average molecular weight is 311 g/mol. The van der Waals surface area contributed by atoms with E-state index >= 15 is 0 Å². The van der Waals surface area contributed by atoms with Gasteiger partial charge < -0.3 is 10.4 Å². The van der Waals surface area contributed by atoms with Crippen LogP contribution in [-0.4, -0.2) is 22.2 Å². The standard InChI is InChI=1S/C18H21N3O2/c1-11-7-6-10-19-17(11)20-16-12(2)18(23)21(13(3)22)15-9-5-4-8-14(15)16/h4-10,12,16,18,23H,1-3H3,(H,19,20)/t12-,16-,18+/m1/s1. The summed E-state index contributed by atoms with van der Waals surface area (Å²) in [4.78, 5) is 17.8. The van der Waals surface area contributed by atoms with Gasteiger partial charge in [0.1, 0.15) is 12.0 Å². The first-order valence-corrected chi connectivity index (χ1v) is 7.75. The molecule has 2 N–H and O–H groups in total. The lowest BCUT2D eigenvalue weighted by atomic mass is 9.86. The minimum atomic E-state index is -0.871. The normalized spacial score (nSPS) is 23.3.